The lowest BCUT2D eigenvalue weighted by atomic mass is 9.60. The highest BCUT2D eigenvalue weighted by molar-refractivity contribution is 5.95. The second-order valence-corrected chi connectivity index (χ2v) is 8.50. The molecule has 6 heteroatoms. The molecule has 1 aliphatic carbocycles. The maximum atomic E-state index is 12.7. The van der Waals surface area contributed by atoms with Crippen molar-refractivity contribution in [1.29, 1.82) is 0 Å². The highest BCUT2D eigenvalue weighted by Crippen LogP contribution is 2.48. The molecule has 2 aromatic rings. The van der Waals surface area contributed by atoms with E-state index in [1.54, 1.807) is 7.11 Å². The van der Waals surface area contributed by atoms with E-state index < -0.39 is 0 Å². The smallest absolute Gasteiger partial charge is 0.315 e. The molecule has 2 fully saturated rings. The molecule has 3 amide bonds. The van der Waals surface area contributed by atoms with Gasteiger partial charge < -0.3 is 20.3 Å². The van der Waals surface area contributed by atoms with Gasteiger partial charge in [-0.1, -0.05) is 31.2 Å². The summed E-state index contributed by atoms with van der Waals surface area (Å²) in [5, 5.41) is 5.95. The predicted molar refractivity (Wildman–Crippen MR) is 116 cm³/mol. The van der Waals surface area contributed by atoms with Crippen LogP contribution >= 0.6 is 0 Å². The van der Waals surface area contributed by atoms with Gasteiger partial charge in [0.15, 0.2) is 0 Å². The van der Waals surface area contributed by atoms with Crippen LogP contribution in [0.1, 0.15) is 41.3 Å². The van der Waals surface area contributed by atoms with E-state index in [2.05, 4.69) is 23.6 Å². The summed E-state index contributed by atoms with van der Waals surface area (Å²) in [4.78, 5) is 26.8. The van der Waals surface area contributed by atoms with Crippen LogP contribution < -0.4 is 15.4 Å². The molecule has 2 aromatic carbocycles. The number of methoxy groups -OCH3 is 1. The Bertz CT molecular complexity index is 912. The molecule has 30 heavy (non-hydrogen) atoms. The number of ether oxygens (including phenoxy) is 1. The summed E-state index contributed by atoms with van der Waals surface area (Å²) in [6.45, 7) is 4.14. The molecule has 1 heterocycles. The molecule has 1 saturated carbocycles. The zero-order valence-corrected chi connectivity index (χ0v) is 17.6. The summed E-state index contributed by atoms with van der Waals surface area (Å²) in [6, 6.07) is 15.6. The molecule has 0 aromatic heterocycles. The van der Waals surface area contributed by atoms with Gasteiger partial charge >= 0.3 is 6.03 Å². The van der Waals surface area contributed by atoms with Crippen LogP contribution in [0.25, 0.3) is 0 Å². The molecular formula is C24H29N3O3. The molecule has 2 N–H and O–H groups in total. The zero-order chi connectivity index (χ0) is 21.1. The average Bonchev–Trinajstić information content (AvgIpc) is 2.73. The van der Waals surface area contributed by atoms with Crippen molar-refractivity contribution >= 4 is 11.9 Å². The maximum Gasteiger partial charge on any atom is 0.315 e. The van der Waals surface area contributed by atoms with Crippen LogP contribution in [0.4, 0.5) is 4.79 Å². The number of carbonyl (C=O) groups is 2. The van der Waals surface area contributed by atoms with Crippen LogP contribution in [-0.2, 0) is 13.0 Å². The Morgan fingerprint density at radius 2 is 1.83 bits per heavy atom. The van der Waals surface area contributed by atoms with Crippen molar-refractivity contribution in [3.8, 4) is 5.75 Å². The van der Waals surface area contributed by atoms with Crippen LogP contribution in [-0.4, -0.2) is 43.1 Å². The molecule has 1 saturated heterocycles. The summed E-state index contributed by atoms with van der Waals surface area (Å²) < 4.78 is 5.14. The Morgan fingerprint density at radius 3 is 2.50 bits per heavy atom. The molecule has 0 atom stereocenters. The lowest BCUT2D eigenvalue weighted by Gasteiger charge is -2.59. The predicted octanol–water partition coefficient (Wildman–Crippen LogP) is 3.36. The maximum absolute atomic E-state index is 12.7. The van der Waals surface area contributed by atoms with Crippen molar-refractivity contribution in [3.05, 3.63) is 65.2 Å². The first kappa shape index (κ1) is 20.3. The quantitative estimate of drug-likeness (QED) is 0.771. The molecule has 4 rings (SSSR count). The first-order valence-corrected chi connectivity index (χ1v) is 10.6. The number of carbonyl (C=O) groups excluding carboxylic acids is 2. The minimum atomic E-state index is -0.144. The molecule has 0 bridgehead atoms. The highest BCUT2D eigenvalue weighted by atomic mass is 16.5. The largest absolute Gasteiger partial charge is 0.497 e. The third-order valence-corrected chi connectivity index (χ3v) is 6.23. The van der Waals surface area contributed by atoms with E-state index in [1.807, 2.05) is 47.4 Å². The minimum absolute atomic E-state index is 0.115. The molecular weight excluding hydrogens is 378 g/mol. The van der Waals surface area contributed by atoms with E-state index in [-0.39, 0.29) is 23.4 Å². The molecule has 158 valence electrons. The summed E-state index contributed by atoms with van der Waals surface area (Å²) in [5.74, 6) is 0.915. The topological polar surface area (TPSA) is 70.7 Å². The van der Waals surface area contributed by atoms with E-state index >= 15 is 0 Å². The first-order chi connectivity index (χ1) is 14.5. The number of likely N-dealkylation sites (tertiary alicyclic amines) is 1. The van der Waals surface area contributed by atoms with E-state index in [0.717, 1.165) is 49.2 Å². The number of urea groups is 1. The second-order valence-electron chi connectivity index (χ2n) is 8.50. The fourth-order valence-electron chi connectivity index (χ4n) is 4.52. The van der Waals surface area contributed by atoms with Gasteiger partial charge in [0.2, 0.25) is 0 Å². The Balaban J connectivity index is 1.18. The van der Waals surface area contributed by atoms with Gasteiger partial charge in [0.25, 0.3) is 5.91 Å². The van der Waals surface area contributed by atoms with Gasteiger partial charge in [-0.05, 0) is 54.7 Å². The van der Waals surface area contributed by atoms with Gasteiger partial charge in [0.05, 0.1) is 7.11 Å². The van der Waals surface area contributed by atoms with Gasteiger partial charge in [-0.25, -0.2) is 4.79 Å². The number of aryl methyl sites for hydroxylation is 1. The number of hydrogen-bond acceptors (Lipinski definition) is 3. The fraction of sp³-hybridized carbons (Fsp3) is 0.417. The van der Waals surface area contributed by atoms with Crippen LogP contribution in [0.5, 0.6) is 5.75 Å². The van der Waals surface area contributed by atoms with Crippen molar-refractivity contribution in [3.63, 3.8) is 0 Å². The van der Waals surface area contributed by atoms with Crippen molar-refractivity contribution < 1.29 is 14.3 Å². The second kappa shape index (κ2) is 8.38. The third kappa shape index (κ3) is 4.27. The van der Waals surface area contributed by atoms with E-state index in [1.165, 1.54) is 5.56 Å². The fourth-order valence-corrected chi connectivity index (χ4v) is 4.52. The van der Waals surface area contributed by atoms with Gasteiger partial charge in [-0.3, -0.25) is 4.79 Å². The number of nitrogens with one attached hydrogen (secondary N) is 2. The SMILES string of the molecule is CCc1cccc(C(=O)N2CC3(CC(NC(=O)NCc4ccc(OC)cc4)C3)C2)c1. The van der Waals surface area contributed by atoms with Gasteiger partial charge in [-0.15, -0.1) is 0 Å². The summed E-state index contributed by atoms with van der Waals surface area (Å²) in [7, 11) is 1.63. The number of nitrogens with zero attached hydrogens (tertiary/aromatic N) is 1. The van der Waals surface area contributed by atoms with Crippen molar-refractivity contribution in [2.75, 3.05) is 20.2 Å². The van der Waals surface area contributed by atoms with E-state index in [0.29, 0.717) is 6.54 Å². The van der Waals surface area contributed by atoms with Crippen LogP contribution in [0, 0.1) is 5.41 Å². The molecule has 1 spiro atoms. The van der Waals surface area contributed by atoms with E-state index in [4.69, 9.17) is 4.74 Å². The number of hydrogen-bond donors (Lipinski definition) is 2. The van der Waals surface area contributed by atoms with Crippen LogP contribution in [0.2, 0.25) is 0 Å². The molecule has 0 radical (unpaired) electrons. The average molecular weight is 408 g/mol. The zero-order valence-electron chi connectivity index (χ0n) is 17.6. The Kier molecular flexibility index (Phi) is 5.66. The standard InChI is InChI=1S/C24H29N3O3/c1-3-17-5-4-6-19(11-17)22(28)27-15-24(16-27)12-20(13-24)26-23(29)25-14-18-7-9-21(30-2)10-8-18/h4-11,20H,3,12-16H2,1-2H3,(H2,25,26,29). The Morgan fingerprint density at radius 1 is 1.10 bits per heavy atom. The molecule has 6 nitrogen and oxygen atoms in total. The highest BCUT2D eigenvalue weighted by Gasteiger charge is 2.54. The summed E-state index contributed by atoms with van der Waals surface area (Å²) in [6.07, 6.45) is 2.79. The Hall–Kier alpha value is -3.02. The monoisotopic (exact) mass is 407 g/mol. The van der Waals surface area contributed by atoms with Crippen molar-refractivity contribution in [2.24, 2.45) is 5.41 Å². The lowest BCUT2D eigenvalue weighted by molar-refractivity contribution is -0.0585. The molecule has 1 aliphatic heterocycles. The van der Waals surface area contributed by atoms with Crippen molar-refractivity contribution in [1.82, 2.24) is 15.5 Å². The minimum Gasteiger partial charge on any atom is -0.497 e. The molecule has 0 unspecified atom stereocenters. The number of amides is 3. The van der Waals surface area contributed by atoms with E-state index in [9.17, 15) is 9.59 Å². The van der Waals surface area contributed by atoms with Gasteiger partial charge in [-0.2, -0.15) is 0 Å². The first-order valence-electron chi connectivity index (χ1n) is 10.6. The van der Waals surface area contributed by atoms with Gasteiger partial charge in [0, 0.05) is 36.7 Å². The van der Waals surface area contributed by atoms with Gasteiger partial charge in [0.1, 0.15) is 5.75 Å². The summed E-state index contributed by atoms with van der Waals surface area (Å²) in [5.41, 5.74) is 3.17. The summed E-state index contributed by atoms with van der Waals surface area (Å²) >= 11 is 0. The Labute approximate surface area is 177 Å². The lowest BCUT2D eigenvalue weighted by Crippen LogP contribution is -2.67. The number of rotatable bonds is 6. The van der Waals surface area contributed by atoms with Crippen LogP contribution in [0.15, 0.2) is 48.5 Å². The number of benzene rings is 2. The third-order valence-electron chi connectivity index (χ3n) is 6.23. The normalized spacial score (nSPS) is 17.1. The van der Waals surface area contributed by atoms with Crippen molar-refractivity contribution in [2.45, 2.75) is 38.8 Å². The van der Waals surface area contributed by atoms with Crippen LogP contribution in [0.3, 0.4) is 0 Å². The molecule has 2 aliphatic rings.